The minimum atomic E-state index is -1.23. The van der Waals surface area contributed by atoms with Gasteiger partial charge in [0, 0.05) is 19.2 Å². The van der Waals surface area contributed by atoms with Gasteiger partial charge in [-0.05, 0) is 49.8 Å². The normalized spacial score (nSPS) is 15.5. The Hall–Kier alpha value is -1.67. The molecule has 1 fully saturated rings. The predicted molar refractivity (Wildman–Crippen MR) is 108 cm³/mol. The summed E-state index contributed by atoms with van der Waals surface area (Å²) in [6, 6.07) is 8.41. The van der Waals surface area contributed by atoms with E-state index in [4.69, 9.17) is 19.7 Å². The van der Waals surface area contributed by atoms with Crippen molar-refractivity contribution >= 4 is 5.97 Å². The van der Waals surface area contributed by atoms with Crippen molar-refractivity contribution in [3.8, 4) is 5.75 Å². The van der Waals surface area contributed by atoms with Gasteiger partial charge in [0.25, 0.3) is 0 Å². The number of aliphatic hydroxyl groups excluding tert-OH is 2. The molecule has 7 nitrogen and oxygen atoms in total. The summed E-state index contributed by atoms with van der Waals surface area (Å²) in [4.78, 5) is 9.45. The van der Waals surface area contributed by atoms with Crippen LogP contribution in [0.25, 0.3) is 0 Å². The third-order valence-corrected chi connectivity index (χ3v) is 4.07. The second-order valence-corrected chi connectivity index (χ2v) is 7.45. The number of rotatable bonds is 12. The van der Waals surface area contributed by atoms with Crippen molar-refractivity contribution in [1.82, 2.24) is 5.32 Å². The zero-order valence-corrected chi connectivity index (χ0v) is 17.1. The van der Waals surface area contributed by atoms with Crippen molar-refractivity contribution in [3.05, 3.63) is 29.8 Å². The van der Waals surface area contributed by atoms with E-state index in [1.54, 1.807) is 0 Å². The number of nitrogens with one attached hydrogen (secondary N) is 1. The molecule has 0 heterocycles. The lowest BCUT2D eigenvalue weighted by molar-refractivity contribution is -0.145. The van der Waals surface area contributed by atoms with Crippen LogP contribution in [0.15, 0.2) is 24.3 Å². The minimum absolute atomic E-state index is 0.309. The standard InChI is InChI=1S/C18H29NO3.C3H6O3/c1-14(2)19-11-17(20)13-22-18-7-5-15(6-8-18)9-10-21-12-16-3-4-16;1-2(4)3(5)6/h5-8,14,16-17,19-20H,3-4,9-13H2,1-2H3;2,4H,1H3,(H,5,6). The lowest BCUT2D eigenvalue weighted by atomic mass is 10.1. The fourth-order valence-corrected chi connectivity index (χ4v) is 2.10. The van der Waals surface area contributed by atoms with Crippen LogP contribution in [0.4, 0.5) is 0 Å². The summed E-state index contributed by atoms with van der Waals surface area (Å²) in [6.07, 6.45) is 1.89. The molecule has 0 spiro atoms. The van der Waals surface area contributed by atoms with E-state index < -0.39 is 18.2 Å². The molecule has 160 valence electrons. The first kappa shape index (κ1) is 24.4. The molecule has 1 aliphatic rings. The largest absolute Gasteiger partial charge is 0.491 e. The van der Waals surface area contributed by atoms with Crippen LogP contribution in [-0.2, 0) is 16.0 Å². The highest BCUT2D eigenvalue weighted by Gasteiger charge is 2.20. The fraction of sp³-hybridized carbons (Fsp3) is 0.667. The number of ether oxygens (including phenoxy) is 2. The van der Waals surface area contributed by atoms with Crippen LogP contribution in [0.1, 0.15) is 39.2 Å². The van der Waals surface area contributed by atoms with Crippen LogP contribution in [0.2, 0.25) is 0 Å². The van der Waals surface area contributed by atoms with Crippen molar-refractivity contribution < 1.29 is 29.6 Å². The molecule has 0 aromatic heterocycles. The molecule has 28 heavy (non-hydrogen) atoms. The Labute approximate surface area is 167 Å². The molecule has 1 saturated carbocycles. The van der Waals surface area contributed by atoms with E-state index in [9.17, 15) is 9.90 Å². The summed E-state index contributed by atoms with van der Waals surface area (Å²) in [5.41, 5.74) is 1.25. The Morgan fingerprint density at radius 1 is 1.18 bits per heavy atom. The number of hydrogen-bond donors (Lipinski definition) is 4. The molecule has 2 atom stereocenters. The predicted octanol–water partition coefficient (Wildman–Crippen LogP) is 1.85. The molecule has 0 saturated heterocycles. The molecule has 1 aliphatic carbocycles. The van der Waals surface area contributed by atoms with E-state index >= 15 is 0 Å². The van der Waals surface area contributed by atoms with Gasteiger partial charge in [-0.3, -0.25) is 0 Å². The number of carboxylic acids is 1. The van der Waals surface area contributed by atoms with Gasteiger partial charge in [0.2, 0.25) is 0 Å². The smallest absolute Gasteiger partial charge is 0.332 e. The Bertz CT molecular complexity index is 542. The summed E-state index contributed by atoms with van der Waals surface area (Å²) < 4.78 is 11.2. The van der Waals surface area contributed by atoms with Crippen molar-refractivity contribution in [2.45, 2.75) is 58.3 Å². The van der Waals surface area contributed by atoms with Crippen LogP contribution in [0, 0.1) is 5.92 Å². The van der Waals surface area contributed by atoms with Gasteiger partial charge in [0.05, 0.1) is 6.61 Å². The van der Waals surface area contributed by atoms with Gasteiger partial charge in [-0.2, -0.15) is 0 Å². The summed E-state index contributed by atoms with van der Waals surface area (Å²) in [7, 11) is 0. The monoisotopic (exact) mass is 397 g/mol. The summed E-state index contributed by atoms with van der Waals surface area (Å²) >= 11 is 0. The molecule has 1 aromatic rings. The van der Waals surface area contributed by atoms with E-state index in [0.717, 1.165) is 31.3 Å². The third kappa shape index (κ3) is 12.7. The molecule has 0 amide bonds. The molecule has 0 radical (unpaired) electrons. The van der Waals surface area contributed by atoms with Crippen LogP contribution >= 0.6 is 0 Å². The number of aliphatic hydroxyl groups is 2. The Morgan fingerprint density at radius 2 is 1.79 bits per heavy atom. The van der Waals surface area contributed by atoms with E-state index in [2.05, 4.69) is 31.3 Å². The van der Waals surface area contributed by atoms with Crippen LogP contribution in [-0.4, -0.2) is 65.9 Å². The Kier molecular flexibility index (Phi) is 11.7. The fourth-order valence-electron chi connectivity index (χ4n) is 2.10. The van der Waals surface area contributed by atoms with Crippen LogP contribution in [0.3, 0.4) is 0 Å². The Balaban J connectivity index is 0.000000568. The molecular formula is C21H35NO6. The zero-order chi connectivity index (χ0) is 20.9. The molecule has 0 bridgehead atoms. The van der Waals surface area contributed by atoms with Crippen molar-refractivity contribution in [2.75, 3.05) is 26.4 Å². The minimum Gasteiger partial charge on any atom is -0.491 e. The maximum atomic E-state index is 9.80. The van der Waals surface area contributed by atoms with Crippen molar-refractivity contribution in [2.24, 2.45) is 5.92 Å². The second kappa shape index (κ2) is 13.5. The number of carbonyl (C=O) groups is 1. The van der Waals surface area contributed by atoms with E-state index in [1.165, 1.54) is 25.3 Å². The lowest BCUT2D eigenvalue weighted by Crippen LogP contribution is -2.35. The maximum absolute atomic E-state index is 9.80. The zero-order valence-electron chi connectivity index (χ0n) is 17.1. The van der Waals surface area contributed by atoms with E-state index in [0.29, 0.717) is 19.2 Å². The first-order valence-electron chi connectivity index (χ1n) is 9.89. The summed E-state index contributed by atoms with van der Waals surface area (Å²) in [5.74, 6) is 0.439. The molecular weight excluding hydrogens is 362 g/mol. The highest BCUT2D eigenvalue weighted by atomic mass is 16.5. The van der Waals surface area contributed by atoms with E-state index in [1.807, 2.05) is 12.1 Å². The number of benzene rings is 1. The third-order valence-electron chi connectivity index (χ3n) is 4.07. The molecule has 2 rings (SSSR count). The first-order valence-corrected chi connectivity index (χ1v) is 9.89. The summed E-state index contributed by atoms with van der Waals surface area (Å²) in [5, 5.41) is 28.8. The average Bonchev–Trinajstić information content (AvgIpc) is 3.47. The number of aliphatic carboxylic acids is 1. The topological polar surface area (TPSA) is 108 Å². The van der Waals surface area contributed by atoms with Gasteiger partial charge < -0.3 is 30.1 Å². The average molecular weight is 398 g/mol. The van der Waals surface area contributed by atoms with Gasteiger partial charge in [-0.15, -0.1) is 0 Å². The van der Waals surface area contributed by atoms with E-state index in [-0.39, 0.29) is 0 Å². The van der Waals surface area contributed by atoms with Crippen LogP contribution in [0.5, 0.6) is 5.75 Å². The quantitative estimate of drug-likeness (QED) is 0.399. The molecule has 4 N–H and O–H groups in total. The van der Waals surface area contributed by atoms with Gasteiger partial charge in [-0.1, -0.05) is 26.0 Å². The molecule has 2 unspecified atom stereocenters. The van der Waals surface area contributed by atoms with Gasteiger partial charge in [0.15, 0.2) is 0 Å². The SMILES string of the molecule is CC(C)NCC(O)COc1ccc(CCOCC2CC2)cc1.CC(O)C(=O)O. The van der Waals surface area contributed by atoms with Gasteiger partial charge in [0.1, 0.15) is 24.6 Å². The maximum Gasteiger partial charge on any atom is 0.332 e. The van der Waals surface area contributed by atoms with Crippen molar-refractivity contribution in [1.29, 1.82) is 0 Å². The molecule has 7 heteroatoms. The van der Waals surface area contributed by atoms with Crippen molar-refractivity contribution in [3.63, 3.8) is 0 Å². The van der Waals surface area contributed by atoms with Gasteiger partial charge in [-0.25, -0.2) is 4.79 Å². The second-order valence-electron chi connectivity index (χ2n) is 7.45. The highest BCUT2D eigenvalue weighted by Crippen LogP contribution is 2.28. The lowest BCUT2D eigenvalue weighted by Gasteiger charge is -2.15. The highest BCUT2D eigenvalue weighted by molar-refractivity contribution is 5.71. The number of hydrogen-bond acceptors (Lipinski definition) is 6. The van der Waals surface area contributed by atoms with Crippen LogP contribution < -0.4 is 10.1 Å². The molecule has 1 aromatic carbocycles. The summed E-state index contributed by atoms with van der Waals surface area (Å²) in [6.45, 7) is 7.88. The number of carboxylic acid groups (broad SMARTS) is 1. The van der Waals surface area contributed by atoms with Gasteiger partial charge >= 0.3 is 5.97 Å². The Morgan fingerprint density at radius 3 is 2.29 bits per heavy atom. The molecule has 0 aliphatic heterocycles. The first-order chi connectivity index (χ1) is 13.3.